The van der Waals surface area contributed by atoms with Gasteiger partial charge in [0, 0.05) is 40.3 Å². The minimum Gasteiger partial charge on any atom is -0.339 e. The first-order chi connectivity index (χ1) is 16.2. The molecule has 1 N–H and O–H groups in total. The molecule has 0 unspecified atom stereocenters. The average Bonchev–Trinajstić information content (AvgIpc) is 2.83. The zero-order valence-electron chi connectivity index (χ0n) is 19.3. The second-order valence-electron chi connectivity index (χ2n) is 8.20. The monoisotopic (exact) mass is 473 g/mol. The smallest absolute Gasteiger partial charge is 0.331 e. The maximum Gasteiger partial charge on any atom is 0.331 e. The highest BCUT2D eigenvalue weighted by Crippen LogP contribution is 2.09. The Morgan fingerprint density at radius 2 is 1.53 bits per heavy atom. The number of halogens is 2. The highest BCUT2D eigenvalue weighted by molar-refractivity contribution is 5.87. The molecule has 34 heavy (non-hydrogen) atoms. The van der Waals surface area contributed by atoms with Gasteiger partial charge in [0.05, 0.1) is 13.1 Å². The van der Waals surface area contributed by atoms with Gasteiger partial charge in [0.25, 0.3) is 0 Å². The number of nitrogens with one attached hydrogen (secondary N) is 1. The van der Waals surface area contributed by atoms with Gasteiger partial charge in [-0.1, -0.05) is 24.3 Å². The van der Waals surface area contributed by atoms with E-state index in [9.17, 15) is 23.2 Å². The van der Waals surface area contributed by atoms with Crippen molar-refractivity contribution in [2.75, 3.05) is 46.8 Å². The zero-order chi connectivity index (χ0) is 24.7. The number of likely N-dealkylation sites (N-methyl/N-ethyl adjacent to an activating group) is 1. The van der Waals surface area contributed by atoms with E-state index in [1.807, 2.05) is 0 Å². The number of urea groups is 1. The van der Waals surface area contributed by atoms with E-state index in [1.54, 1.807) is 36.2 Å². The Labute approximate surface area is 197 Å². The van der Waals surface area contributed by atoms with E-state index >= 15 is 0 Å². The topological polar surface area (TPSA) is 76.2 Å². The molecule has 0 atom stereocenters. The highest BCUT2D eigenvalue weighted by Gasteiger charge is 2.28. The molecule has 1 heterocycles. The quantitative estimate of drug-likeness (QED) is 0.594. The fourth-order valence-electron chi connectivity index (χ4n) is 3.52. The largest absolute Gasteiger partial charge is 0.339 e. The van der Waals surface area contributed by atoms with Gasteiger partial charge in [0.15, 0.2) is 0 Å². The summed E-state index contributed by atoms with van der Waals surface area (Å²) in [6, 6.07) is 11.6. The molecular weight excluding hydrogens is 444 g/mol. The number of carbonyl (C=O) groups excluding carboxylic acids is 3. The molecule has 1 saturated heterocycles. The van der Waals surface area contributed by atoms with Crippen LogP contribution in [0.15, 0.2) is 48.5 Å². The predicted octanol–water partition coefficient (Wildman–Crippen LogP) is 1.87. The fourth-order valence-corrected chi connectivity index (χ4v) is 3.52. The number of hydrazine groups is 1. The van der Waals surface area contributed by atoms with Crippen LogP contribution in [0.1, 0.15) is 11.1 Å². The van der Waals surface area contributed by atoms with E-state index in [-0.39, 0.29) is 43.1 Å². The van der Waals surface area contributed by atoms with Crippen LogP contribution < -0.4 is 5.32 Å². The van der Waals surface area contributed by atoms with Crippen molar-refractivity contribution in [2.45, 2.75) is 13.0 Å². The van der Waals surface area contributed by atoms with Crippen molar-refractivity contribution < 1.29 is 23.2 Å². The summed E-state index contributed by atoms with van der Waals surface area (Å²) in [4.78, 5) is 40.8. The first-order valence-corrected chi connectivity index (χ1v) is 11.0. The van der Waals surface area contributed by atoms with Crippen molar-refractivity contribution >= 4 is 17.8 Å². The first-order valence-electron chi connectivity index (χ1n) is 11.0. The van der Waals surface area contributed by atoms with Crippen molar-refractivity contribution in [3.63, 3.8) is 0 Å². The summed E-state index contributed by atoms with van der Waals surface area (Å²) in [5.41, 5.74) is 1.69. The second-order valence-corrected chi connectivity index (χ2v) is 8.20. The minimum absolute atomic E-state index is 0.0173. The number of benzene rings is 2. The molecule has 0 aromatic heterocycles. The van der Waals surface area contributed by atoms with Crippen molar-refractivity contribution in [1.82, 2.24) is 25.1 Å². The lowest BCUT2D eigenvalue weighted by atomic mass is 10.1. The summed E-state index contributed by atoms with van der Waals surface area (Å²) in [5, 5.41) is 5.46. The molecule has 0 spiro atoms. The van der Waals surface area contributed by atoms with Crippen LogP contribution in [-0.4, -0.2) is 84.5 Å². The summed E-state index contributed by atoms with van der Waals surface area (Å²) in [7, 11) is 3.14. The number of hydrogen-bond acceptors (Lipinski definition) is 4. The Balaban J connectivity index is 1.41. The van der Waals surface area contributed by atoms with Crippen LogP contribution in [0.25, 0.3) is 0 Å². The molecule has 1 aliphatic heterocycles. The van der Waals surface area contributed by atoms with E-state index in [2.05, 4.69) is 5.32 Å². The Morgan fingerprint density at radius 1 is 0.941 bits per heavy atom. The third kappa shape index (κ3) is 6.98. The molecule has 1 aliphatic rings. The first kappa shape index (κ1) is 25.1. The van der Waals surface area contributed by atoms with Gasteiger partial charge in [-0.05, 0) is 41.8 Å². The standard InChI is InChI=1S/C24H29F2N5O3/c1-28(29(2)24(34)27-15-19-5-9-21(26)10-6-19)16-22(32)31-14-13-30(23(33)17-31)12-11-18-3-7-20(25)8-4-18/h3-10H,11-17H2,1-2H3,(H,27,34). The minimum atomic E-state index is -0.415. The molecule has 0 radical (unpaired) electrons. The van der Waals surface area contributed by atoms with Crippen LogP contribution >= 0.6 is 0 Å². The van der Waals surface area contributed by atoms with E-state index in [0.29, 0.717) is 26.1 Å². The number of hydrogen-bond donors (Lipinski definition) is 1. The molecule has 0 bridgehead atoms. The molecule has 8 nitrogen and oxygen atoms in total. The molecule has 0 aliphatic carbocycles. The molecule has 4 amide bonds. The van der Waals surface area contributed by atoms with Gasteiger partial charge in [0.1, 0.15) is 11.6 Å². The second kappa shape index (κ2) is 11.6. The average molecular weight is 474 g/mol. The summed E-state index contributed by atoms with van der Waals surface area (Å²) in [6.07, 6.45) is 0.612. The van der Waals surface area contributed by atoms with Crippen LogP contribution in [0.3, 0.4) is 0 Å². The summed E-state index contributed by atoms with van der Waals surface area (Å²) >= 11 is 0. The summed E-state index contributed by atoms with van der Waals surface area (Å²) in [5.74, 6) is -1.05. The maximum absolute atomic E-state index is 13.0. The van der Waals surface area contributed by atoms with E-state index < -0.39 is 6.03 Å². The number of rotatable bonds is 8. The Kier molecular flexibility index (Phi) is 8.53. The van der Waals surface area contributed by atoms with Gasteiger partial charge in [-0.15, -0.1) is 0 Å². The molecule has 3 rings (SSSR count). The van der Waals surface area contributed by atoms with Crippen molar-refractivity contribution in [2.24, 2.45) is 0 Å². The molecule has 0 saturated carbocycles. The van der Waals surface area contributed by atoms with E-state index in [0.717, 1.165) is 11.1 Å². The van der Waals surface area contributed by atoms with Gasteiger partial charge >= 0.3 is 6.03 Å². The molecule has 2 aromatic rings. The number of piperazine rings is 1. The number of amides is 4. The van der Waals surface area contributed by atoms with Crippen molar-refractivity contribution in [3.8, 4) is 0 Å². The fraction of sp³-hybridized carbons (Fsp3) is 0.375. The molecular formula is C24H29F2N5O3. The lowest BCUT2D eigenvalue weighted by Crippen LogP contribution is -2.56. The lowest BCUT2D eigenvalue weighted by molar-refractivity contribution is -0.147. The molecule has 1 fully saturated rings. The maximum atomic E-state index is 13.0. The van der Waals surface area contributed by atoms with Gasteiger partial charge in [-0.25, -0.2) is 18.6 Å². The van der Waals surface area contributed by atoms with Crippen molar-refractivity contribution in [1.29, 1.82) is 0 Å². The van der Waals surface area contributed by atoms with Gasteiger partial charge in [-0.3, -0.25) is 14.6 Å². The Bertz CT molecular complexity index is 1000. The Morgan fingerprint density at radius 3 is 2.12 bits per heavy atom. The Hall–Kier alpha value is -3.53. The van der Waals surface area contributed by atoms with E-state index in [4.69, 9.17) is 0 Å². The lowest BCUT2D eigenvalue weighted by Gasteiger charge is -2.36. The van der Waals surface area contributed by atoms with Crippen LogP contribution in [0.4, 0.5) is 13.6 Å². The van der Waals surface area contributed by atoms with E-state index in [1.165, 1.54) is 46.2 Å². The van der Waals surface area contributed by atoms with Crippen LogP contribution in [-0.2, 0) is 22.6 Å². The normalized spacial score (nSPS) is 13.9. The molecule has 2 aromatic carbocycles. The zero-order valence-corrected chi connectivity index (χ0v) is 19.3. The molecule has 182 valence electrons. The third-order valence-corrected chi connectivity index (χ3v) is 5.78. The van der Waals surface area contributed by atoms with Gasteiger partial charge < -0.3 is 15.1 Å². The van der Waals surface area contributed by atoms with Crippen LogP contribution in [0.2, 0.25) is 0 Å². The van der Waals surface area contributed by atoms with Crippen LogP contribution in [0, 0.1) is 11.6 Å². The SMILES string of the molecule is CN(CC(=O)N1CCN(CCc2ccc(F)cc2)C(=O)C1)N(C)C(=O)NCc1ccc(F)cc1. The van der Waals surface area contributed by atoms with Crippen LogP contribution in [0.5, 0.6) is 0 Å². The molecule has 10 heteroatoms. The summed E-state index contributed by atoms with van der Waals surface area (Å²) in [6.45, 7) is 1.47. The number of carbonyl (C=O) groups is 3. The summed E-state index contributed by atoms with van der Waals surface area (Å²) < 4.78 is 26.0. The predicted molar refractivity (Wildman–Crippen MR) is 122 cm³/mol. The third-order valence-electron chi connectivity index (χ3n) is 5.78. The van der Waals surface area contributed by atoms with Gasteiger partial charge in [-0.2, -0.15) is 0 Å². The highest BCUT2D eigenvalue weighted by atomic mass is 19.1. The number of nitrogens with zero attached hydrogens (tertiary/aromatic N) is 4. The van der Waals surface area contributed by atoms with Crippen molar-refractivity contribution in [3.05, 3.63) is 71.3 Å². The van der Waals surface area contributed by atoms with Gasteiger partial charge in [0.2, 0.25) is 11.8 Å².